The molecule has 0 aliphatic carbocycles. The maximum absolute atomic E-state index is 12.2. The lowest BCUT2D eigenvalue weighted by Crippen LogP contribution is -2.47. The first-order chi connectivity index (χ1) is 8.70. The van der Waals surface area contributed by atoms with E-state index in [1.807, 2.05) is 18.0 Å². The van der Waals surface area contributed by atoms with Gasteiger partial charge < -0.3 is 15.3 Å². The van der Waals surface area contributed by atoms with Crippen molar-refractivity contribution in [1.82, 2.24) is 10.2 Å². The van der Waals surface area contributed by atoms with Crippen molar-refractivity contribution in [3.63, 3.8) is 0 Å². The third kappa shape index (κ3) is 3.01. The number of amides is 1. The van der Waals surface area contributed by atoms with Crippen LogP contribution < -0.4 is 5.32 Å². The Balaban J connectivity index is 1.97. The number of para-hydroxylation sites is 1. The van der Waals surface area contributed by atoms with Gasteiger partial charge in [-0.2, -0.15) is 0 Å². The van der Waals surface area contributed by atoms with Crippen molar-refractivity contribution >= 4 is 5.91 Å². The van der Waals surface area contributed by atoms with Crippen LogP contribution in [0.4, 0.5) is 0 Å². The molecular weight excluding hydrogens is 228 g/mol. The van der Waals surface area contributed by atoms with Crippen LogP contribution in [0.25, 0.3) is 0 Å². The largest absolute Gasteiger partial charge is 0.508 e. The molecule has 0 spiro atoms. The van der Waals surface area contributed by atoms with E-state index >= 15 is 0 Å². The van der Waals surface area contributed by atoms with E-state index in [1.165, 1.54) is 0 Å². The highest BCUT2D eigenvalue weighted by atomic mass is 16.3. The molecule has 0 radical (unpaired) electrons. The van der Waals surface area contributed by atoms with Crippen LogP contribution in [0.1, 0.15) is 18.4 Å². The van der Waals surface area contributed by atoms with Crippen LogP contribution in [-0.2, 0) is 11.2 Å². The molecule has 4 heteroatoms. The van der Waals surface area contributed by atoms with E-state index in [2.05, 4.69) is 5.32 Å². The molecule has 1 aliphatic rings. The van der Waals surface area contributed by atoms with E-state index in [9.17, 15) is 9.90 Å². The molecule has 1 unspecified atom stereocenters. The van der Waals surface area contributed by atoms with Crippen molar-refractivity contribution in [2.75, 3.05) is 20.1 Å². The monoisotopic (exact) mass is 248 g/mol. The molecule has 1 atom stereocenters. The molecule has 1 saturated heterocycles. The zero-order valence-corrected chi connectivity index (χ0v) is 10.7. The average molecular weight is 248 g/mol. The van der Waals surface area contributed by atoms with Gasteiger partial charge in [0.25, 0.3) is 0 Å². The van der Waals surface area contributed by atoms with E-state index in [1.54, 1.807) is 18.2 Å². The second kappa shape index (κ2) is 5.87. The van der Waals surface area contributed by atoms with Crippen LogP contribution in [0.2, 0.25) is 0 Å². The maximum Gasteiger partial charge on any atom is 0.227 e. The second-order valence-electron chi connectivity index (χ2n) is 4.77. The standard InChI is InChI=1S/C14H20N2O2/c1-15-12-6-4-8-16(10-12)14(18)9-11-5-2-3-7-13(11)17/h2-3,5,7,12,15,17H,4,6,8-10H2,1H3. The lowest BCUT2D eigenvalue weighted by Gasteiger charge is -2.32. The first kappa shape index (κ1) is 12.9. The van der Waals surface area contributed by atoms with E-state index in [-0.39, 0.29) is 18.1 Å². The highest BCUT2D eigenvalue weighted by Gasteiger charge is 2.22. The number of likely N-dealkylation sites (N-methyl/N-ethyl adjacent to an activating group) is 1. The molecule has 98 valence electrons. The molecule has 1 heterocycles. The van der Waals surface area contributed by atoms with Crippen LogP contribution in [0.5, 0.6) is 5.75 Å². The first-order valence-corrected chi connectivity index (χ1v) is 6.42. The number of aromatic hydroxyl groups is 1. The van der Waals surface area contributed by atoms with E-state index in [4.69, 9.17) is 0 Å². The van der Waals surface area contributed by atoms with Gasteiger partial charge in [0.1, 0.15) is 5.75 Å². The average Bonchev–Trinajstić information content (AvgIpc) is 2.41. The molecule has 18 heavy (non-hydrogen) atoms. The Bertz CT molecular complexity index is 420. The number of rotatable bonds is 3. The zero-order valence-electron chi connectivity index (χ0n) is 10.7. The SMILES string of the molecule is CNC1CCCN(C(=O)Cc2ccccc2O)C1. The Hall–Kier alpha value is -1.55. The number of likely N-dealkylation sites (tertiary alicyclic amines) is 1. The van der Waals surface area contributed by atoms with Crippen molar-refractivity contribution in [2.24, 2.45) is 0 Å². The molecule has 4 nitrogen and oxygen atoms in total. The zero-order chi connectivity index (χ0) is 13.0. The number of carbonyl (C=O) groups excluding carboxylic acids is 1. The van der Waals surface area contributed by atoms with E-state index in [0.29, 0.717) is 11.6 Å². The van der Waals surface area contributed by atoms with Gasteiger partial charge >= 0.3 is 0 Å². The minimum Gasteiger partial charge on any atom is -0.508 e. The molecule has 0 saturated carbocycles. The second-order valence-corrected chi connectivity index (χ2v) is 4.77. The highest BCUT2D eigenvalue weighted by Crippen LogP contribution is 2.18. The van der Waals surface area contributed by atoms with Gasteiger partial charge in [0.15, 0.2) is 0 Å². The van der Waals surface area contributed by atoms with Crippen molar-refractivity contribution in [1.29, 1.82) is 0 Å². The quantitative estimate of drug-likeness (QED) is 0.843. The summed E-state index contributed by atoms with van der Waals surface area (Å²) in [6, 6.07) is 7.42. The van der Waals surface area contributed by atoms with Crippen LogP contribution in [0.15, 0.2) is 24.3 Å². The van der Waals surface area contributed by atoms with Crippen molar-refractivity contribution < 1.29 is 9.90 Å². The number of nitrogens with one attached hydrogen (secondary N) is 1. The van der Waals surface area contributed by atoms with Gasteiger partial charge in [0, 0.05) is 24.7 Å². The van der Waals surface area contributed by atoms with Gasteiger partial charge in [-0.15, -0.1) is 0 Å². The Morgan fingerprint density at radius 1 is 1.50 bits per heavy atom. The Labute approximate surface area is 108 Å². The summed E-state index contributed by atoms with van der Waals surface area (Å²) in [4.78, 5) is 14.1. The summed E-state index contributed by atoms with van der Waals surface area (Å²) in [5.74, 6) is 0.296. The topological polar surface area (TPSA) is 52.6 Å². The fourth-order valence-corrected chi connectivity index (χ4v) is 2.37. The minimum atomic E-state index is 0.0939. The molecule has 1 aromatic carbocycles. The molecule has 2 N–H and O–H groups in total. The Morgan fingerprint density at radius 2 is 2.28 bits per heavy atom. The smallest absolute Gasteiger partial charge is 0.227 e. The molecule has 1 aromatic rings. The van der Waals surface area contributed by atoms with Crippen LogP contribution >= 0.6 is 0 Å². The van der Waals surface area contributed by atoms with E-state index in [0.717, 1.165) is 25.9 Å². The van der Waals surface area contributed by atoms with Crippen LogP contribution in [0.3, 0.4) is 0 Å². The number of benzene rings is 1. The van der Waals surface area contributed by atoms with E-state index < -0.39 is 0 Å². The summed E-state index contributed by atoms with van der Waals surface area (Å²) in [5.41, 5.74) is 0.703. The normalized spacial score (nSPS) is 19.8. The van der Waals surface area contributed by atoms with Gasteiger partial charge in [-0.05, 0) is 26.0 Å². The fourth-order valence-electron chi connectivity index (χ4n) is 2.37. The highest BCUT2D eigenvalue weighted by molar-refractivity contribution is 5.79. The lowest BCUT2D eigenvalue weighted by molar-refractivity contribution is -0.131. The molecule has 2 rings (SSSR count). The Morgan fingerprint density at radius 3 is 3.00 bits per heavy atom. The number of hydrogen-bond donors (Lipinski definition) is 2. The number of phenols is 1. The summed E-state index contributed by atoms with van der Waals surface area (Å²) in [7, 11) is 1.93. The Kier molecular flexibility index (Phi) is 4.20. The number of nitrogens with zero attached hydrogens (tertiary/aromatic N) is 1. The number of carbonyl (C=O) groups is 1. The first-order valence-electron chi connectivity index (χ1n) is 6.42. The summed E-state index contributed by atoms with van der Waals surface area (Å²) in [6.07, 6.45) is 2.44. The molecule has 1 fully saturated rings. The minimum absolute atomic E-state index is 0.0939. The van der Waals surface area contributed by atoms with Gasteiger partial charge in [0.05, 0.1) is 6.42 Å². The predicted octanol–water partition coefficient (Wildman–Crippen LogP) is 1.15. The number of hydrogen-bond acceptors (Lipinski definition) is 3. The van der Waals surface area contributed by atoms with Crippen molar-refractivity contribution in [2.45, 2.75) is 25.3 Å². The fraction of sp³-hybridized carbons (Fsp3) is 0.500. The van der Waals surface area contributed by atoms with Gasteiger partial charge in [-0.25, -0.2) is 0 Å². The van der Waals surface area contributed by atoms with Crippen molar-refractivity contribution in [3.8, 4) is 5.75 Å². The summed E-state index contributed by atoms with van der Waals surface area (Å²) in [6.45, 7) is 1.59. The third-order valence-electron chi connectivity index (χ3n) is 3.52. The summed E-state index contributed by atoms with van der Waals surface area (Å²) in [5, 5.41) is 12.9. The predicted molar refractivity (Wildman–Crippen MR) is 70.5 cm³/mol. The molecule has 1 aliphatic heterocycles. The van der Waals surface area contributed by atoms with Crippen LogP contribution in [0, 0.1) is 0 Å². The van der Waals surface area contributed by atoms with Gasteiger partial charge in [-0.1, -0.05) is 18.2 Å². The molecule has 1 amide bonds. The number of piperidine rings is 1. The number of phenolic OH excluding ortho intramolecular Hbond substituents is 1. The lowest BCUT2D eigenvalue weighted by atomic mass is 10.0. The summed E-state index contributed by atoms with van der Waals surface area (Å²) >= 11 is 0. The van der Waals surface area contributed by atoms with Gasteiger partial charge in [0.2, 0.25) is 5.91 Å². The van der Waals surface area contributed by atoms with Crippen molar-refractivity contribution in [3.05, 3.63) is 29.8 Å². The molecular formula is C14H20N2O2. The van der Waals surface area contributed by atoms with Gasteiger partial charge in [-0.3, -0.25) is 4.79 Å². The third-order valence-corrected chi connectivity index (χ3v) is 3.52. The summed E-state index contributed by atoms with van der Waals surface area (Å²) < 4.78 is 0. The maximum atomic E-state index is 12.2. The molecule has 0 aromatic heterocycles. The van der Waals surface area contributed by atoms with Crippen LogP contribution in [-0.4, -0.2) is 42.1 Å². The molecule has 0 bridgehead atoms.